The average Bonchev–Trinajstić information content (AvgIpc) is 2.97. The van der Waals surface area contributed by atoms with Gasteiger partial charge in [0.1, 0.15) is 0 Å². The van der Waals surface area contributed by atoms with E-state index in [2.05, 4.69) is 5.10 Å². The summed E-state index contributed by atoms with van der Waals surface area (Å²) >= 11 is 0. The summed E-state index contributed by atoms with van der Waals surface area (Å²) < 4.78 is 1.68. The number of aliphatic carboxylic acids is 1. The van der Waals surface area contributed by atoms with Gasteiger partial charge in [0, 0.05) is 38.9 Å². The number of likely N-dealkylation sites (tertiary alicyclic amines) is 1. The number of carbonyl (C=O) groups is 2. The maximum atomic E-state index is 12.2. The number of urea groups is 1. The number of carboxylic acids is 1. The number of aryl methyl sites for hydroxylation is 1. The molecule has 0 saturated carbocycles. The Labute approximate surface area is 111 Å². The van der Waals surface area contributed by atoms with Crippen LogP contribution in [0, 0.1) is 5.92 Å². The molecule has 1 saturated heterocycles. The van der Waals surface area contributed by atoms with E-state index in [1.807, 2.05) is 13.2 Å². The summed E-state index contributed by atoms with van der Waals surface area (Å²) in [5, 5.41) is 13.0. The maximum Gasteiger partial charge on any atom is 0.320 e. The number of carbonyl (C=O) groups excluding carboxylic acids is 1. The van der Waals surface area contributed by atoms with E-state index in [4.69, 9.17) is 5.11 Å². The number of hydrogen-bond acceptors (Lipinski definition) is 3. The van der Waals surface area contributed by atoms with Crippen LogP contribution in [0.25, 0.3) is 0 Å². The van der Waals surface area contributed by atoms with Gasteiger partial charge < -0.3 is 14.9 Å². The molecule has 2 rings (SSSR count). The molecule has 2 heterocycles. The van der Waals surface area contributed by atoms with E-state index in [1.165, 1.54) is 0 Å². The molecule has 1 N–H and O–H groups in total. The smallest absolute Gasteiger partial charge is 0.320 e. The molecule has 0 radical (unpaired) electrons. The molecule has 1 aliphatic heterocycles. The first kappa shape index (κ1) is 13.4. The van der Waals surface area contributed by atoms with Gasteiger partial charge in [0.15, 0.2) is 0 Å². The van der Waals surface area contributed by atoms with Crippen LogP contribution in [-0.2, 0) is 18.4 Å². The summed E-state index contributed by atoms with van der Waals surface area (Å²) in [6.07, 6.45) is 4.10. The van der Waals surface area contributed by atoms with Crippen molar-refractivity contribution in [2.45, 2.75) is 13.0 Å². The molecule has 0 aromatic carbocycles. The number of nitrogens with zero attached hydrogens (tertiary/aromatic N) is 4. The fourth-order valence-corrected chi connectivity index (χ4v) is 2.27. The van der Waals surface area contributed by atoms with Gasteiger partial charge in [-0.3, -0.25) is 9.48 Å². The zero-order valence-electron chi connectivity index (χ0n) is 11.1. The molecule has 1 aliphatic rings. The third kappa shape index (κ3) is 3.04. The minimum Gasteiger partial charge on any atom is -0.481 e. The molecule has 2 amide bonds. The highest BCUT2D eigenvalue weighted by molar-refractivity contribution is 5.77. The van der Waals surface area contributed by atoms with Gasteiger partial charge in [-0.05, 0) is 6.42 Å². The molecule has 1 unspecified atom stereocenters. The second-order valence-electron chi connectivity index (χ2n) is 4.93. The summed E-state index contributed by atoms with van der Waals surface area (Å²) in [4.78, 5) is 26.2. The molecule has 7 heteroatoms. The first-order valence-corrected chi connectivity index (χ1v) is 6.17. The zero-order valence-corrected chi connectivity index (χ0v) is 11.1. The zero-order chi connectivity index (χ0) is 14.0. The minimum absolute atomic E-state index is 0.132. The molecule has 1 aromatic heterocycles. The van der Waals surface area contributed by atoms with Gasteiger partial charge >= 0.3 is 12.0 Å². The van der Waals surface area contributed by atoms with Crippen LogP contribution < -0.4 is 0 Å². The van der Waals surface area contributed by atoms with Crippen LogP contribution in [0.1, 0.15) is 12.0 Å². The molecule has 1 atom stereocenters. The predicted molar refractivity (Wildman–Crippen MR) is 67.4 cm³/mol. The lowest BCUT2D eigenvalue weighted by Crippen LogP contribution is -2.39. The quantitative estimate of drug-likeness (QED) is 0.857. The van der Waals surface area contributed by atoms with Crippen LogP contribution in [0.2, 0.25) is 0 Å². The highest BCUT2D eigenvalue weighted by Crippen LogP contribution is 2.18. The summed E-state index contributed by atoms with van der Waals surface area (Å²) in [6, 6.07) is -0.132. The van der Waals surface area contributed by atoms with E-state index in [0.717, 1.165) is 5.56 Å². The third-order valence-electron chi connectivity index (χ3n) is 3.31. The van der Waals surface area contributed by atoms with Gasteiger partial charge in [0.05, 0.1) is 18.7 Å². The largest absolute Gasteiger partial charge is 0.481 e. The van der Waals surface area contributed by atoms with E-state index >= 15 is 0 Å². The molecule has 104 valence electrons. The van der Waals surface area contributed by atoms with Crippen molar-refractivity contribution in [2.75, 3.05) is 20.1 Å². The van der Waals surface area contributed by atoms with Crippen molar-refractivity contribution >= 4 is 12.0 Å². The highest BCUT2D eigenvalue weighted by Gasteiger charge is 2.32. The molecule has 1 aromatic rings. The van der Waals surface area contributed by atoms with E-state index in [0.29, 0.717) is 26.1 Å². The molecule has 19 heavy (non-hydrogen) atoms. The fraction of sp³-hybridized carbons (Fsp3) is 0.583. The Morgan fingerprint density at radius 3 is 2.84 bits per heavy atom. The number of rotatable bonds is 3. The van der Waals surface area contributed by atoms with Crippen LogP contribution in [0.5, 0.6) is 0 Å². The van der Waals surface area contributed by atoms with Crippen molar-refractivity contribution in [3.05, 3.63) is 18.0 Å². The van der Waals surface area contributed by atoms with Crippen molar-refractivity contribution in [2.24, 2.45) is 13.0 Å². The number of hydrogen-bond donors (Lipinski definition) is 1. The Balaban J connectivity index is 1.91. The van der Waals surface area contributed by atoms with Crippen molar-refractivity contribution in [1.82, 2.24) is 19.6 Å². The molecule has 0 spiro atoms. The van der Waals surface area contributed by atoms with Crippen LogP contribution in [-0.4, -0.2) is 56.8 Å². The average molecular weight is 266 g/mol. The van der Waals surface area contributed by atoms with Gasteiger partial charge in [0.25, 0.3) is 0 Å². The van der Waals surface area contributed by atoms with Crippen LogP contribution in [0.4, 0.5) is 4.79 Å². The Hall–Kier alpha value is -2.05. The maximum absolute atomic E-state index is 12.2. The molecule has 0 aliphatic carbocycles. The van der Waals surface area contributed by atoms with Crippen LogP contribution in [0.15, 0.2) is 12.4 Å². The molecular weight excluding hydrogens is 248 g/mol. The third-order valence-corrected chi connectivity index (χ3v) is 3.31. The van der Waals surface area contributed by atoms with Crippen molar-refractivity contribution < 1.29 is 14.7 Å². The molecule has 0 bridgehead atoms. The lowest BCUT2D eigenvalue weighted by Gasteiger charge is -2.24. The Kier molecular flexibility index (Phi) is 3.73. The summed E-state index contributed by atoms with van der Waals surface area (Å²) in [5.74, 6) is -1.26. The predicted octanol–water partition coefficient (Wildman–Crippen LogP) is 0.378. The SMILES string of the molecule is CN(Cc1cnn(C)c1)C(=O)N1CCC(C(=O)O)C1. The monoisotopic (exact) mass is 266 g/mol. The molecule has 1 fully saturated rings. The van der Waals surface area contributed by atoms with Gasteiger partial charge in [0.2, 0.25) is 0 Å². The number of amides is 2. The number of aromatic nitrogens is 2. The van der Waals surface area contributed by atoms with Gasteiger partial charge in [-0.1, -0.05) is 0 Å². The van der Waals surface area contributed by atoms with E-state index in [1.54, 1.807) is 27.7 Å². The topological polar surface area (TPSA) is 78.7 Å². The lowest BCUT2D eigenvalue weighted by molar-refractivity contribution is -0.141. The highest BCUT2D eigenvalue weighted by atomic mass is 16.4. The van der Waals surface area contributed by atoms with E-state index in [9.17, 15) is 9.59 Å². The van der Waals surface area contributed by atoms with Crippen molar-refractivity contribution in [3.8, 4) is 0 Å². The van der Waals surface area contributed by atoms with Crippen LogP contribution in [0.3, 0.4) is 0 Å². The standard InChI is InChI=1S/C12H18N4O3/c1-14(6-9-5-13-15(2)7-9)12(19)16-4-3-10(8-16)11(17)18/h5,7,10H,3-4,6,8H2,1-2H3,(H,17,18). The second kappa shape index (κ2) is 5.29. The second-order valence-corrected chi connectivity index (χ2v) is 4.93. The lowest BCUT2D eigenvalue weighted by atomic mass is 10.1. The Bertz CT molecular complexity index is 485. The normalized spacial score (nSPS) is 18.6. The summed E-state index contributed by atoms with van der Waals surface area (Å²) in [5.41, 5.74) is 0.951. The van der Waals surface area contributed by atoms with Crippen molar-refractivity contribution in [1.29, 1.82) is 0 Å². The van der Waals surface area contributed by atoms with E-state index in [-0.39, 0.29) is 6.03 Å². The summed E-state index contributed by atoms with van der Waals surface area (Å²) in [7, 11) is 3.53. The Morgan fingerprint density at radius 2 is 2.32 bits per heavy atom. The van der Waals surface area contributed by atoms with Crippen LogP contribution >= 0.6 is 0 Å². The van der Waals surface area contributed by atoms with Gasteiger partial charge in [-0.2, -0.15) is 5.10 Å². The fourth-order valence-electron chi connectivity index (χ4n) is 2.27. The first-order valence-electron chi connectivity index (χ1n) is 6.17. The van der Waals surface area contributed by atoms with Crippen molar-refractivity contribution in [3.63, 3.8) is 0 Å². The Morgan fingerprint density at radius 1 is 1.58 bits per heavy atom. The van der Waals surface area contributed by atoms with E-state index < -0.39 is 11.9 Å². The van der Waals surface area contributed by atoms with Gasteiger partial charge in [-0.25, -0.2) is 4.79 Å². The minimum atomic E-state index is -0.829. The molecule has 7 nitrogen and oxygen atoms in total. The first-order chi connectivity index (χ1) is 8.97. The van der Waals surface area contributed by atoms with Gasteiger partial charge in [-0.15, -0.1) is 0 Å². The molecular formula is C12H18N4O3. The number of carboxylic acid groups (broad SMARTS) is 1. The summed E-state index contributed by atoms with van der Waals surface area (Å²) in [6.45, 7) is 1.28.